The molecule has 1 fully saturated rings. The van der Waals surface area contributed by atoms with Gasteiger partial charge in [0.25, 0.3) is 0 Å². The fraction of sp³-hybridized carbons (Fsp3) is 0.500. The second-order valence-corrected chi connectivity index (χ2v) is 5.12. The van der Waals surface area contributed by atoms with Gasteiger partial charge in [-0.25, -0.2) is 4.79 Å². The maximum Gasteiger partial charge on any atom is 0.340 e. The Bertz CT molecular complexity index is 539. The molecule has 1 aromatic carbocycles. The lowest BCUT2D eigenvalue weighted by atomic mass is 10.1. The van der Waals surface area contributed by atoms with Crippen LogP contribution in [0.3, 0.4) is 0 Å². The molecule has 0 spiro atoms. The number of esters is 1. The van der Waals surface area contributed by atoms with Crippen LogP contribution in [0.1, 0.15) is 30.1 Å². The smallest absolute Gasteiger partial charge is 0.340 e. The number of nitrogens with one attached hydrogen (secondary N) is 1. The van der Waals surface area contributed by atoms with Crippen LogP contribution in [0, 0.1) is 0 Å². The van der Waals surface area contributed by atoms with Crippen molar-refractivity contribution >= 4 is 23.3 Å². The summed E-state index contributed by atoms with van der Waals surface area (Å²) in [6.07, 6.45) is 1.24. The van der Waals surface area contributed by atoms with Gasteiger partial charge in [-0.3, -0.25) is 4.79 Å². The number of amides is 1. The third-order valence-electron chi connectivity index (χ3n) is 3.51. The highest BCUT2D eigenvalue weighted by atomic mass is 16.5. The molecule has 0 saturated carbocycles. The maximum absolute atomic E-state index is 12.0. The summed E-state index contributed by atoms with van der Waals surface area (Å²) < 4.78 is 10.2. The number of methoxy groups -OCH3 is 1. The van der Waals surface area contributed by atoms with Crippen molar-refractivity contribution < 1.29 is 19.1 Å². The molecule has 0 atom stereocenters. The Balaban J connectivity index is 2.25. The molecule has 1 amide bonds. The summed E-state index contributed by atoms with van der Waals surface area (Å²) in [7, 11) is 1.35. The van der Waals surface area contributed by atoms with Gasteiger partial charge in [-0.2, -0.15) is 0 Å². The second kappa shape index (κ2) is 7.79. The molecule has 0 radical (unpaired) electrons. The van der Waals surface area contributed by atoms with E-state index in [1.807, 2.05) is 19.1 Å². The van der Waals surface area contributed by atoms with E-state index in [9.17, 15) is 9.59 Å². The third kappa shape index (κ3) is 3.98. The molecule has 0 aliphatic carbocycles. The van der Waals surface area contributed by atoms with E-state index in [4.69, 9.17) is 9.47 Å². The van der Waals surface area contributed by atoms with Crippen molar-refractivity contribution in [1.82, 2.24) is 0 Å². The van der Waals surface area contributed by atoms with E-state index in [1.54, 1.807) is 6.07 Å². The summed E-state index contributed by atoms with van der Waals surface area (Å²) in [5, 5.41) is 2.80. The van der Waals surface area contributed by atoms with Crippen LogP contribution in [0.5, 0.6) is 0 Å². The first-order valence-corrected chi connectivity index (χ1v) is 7.50. The molecule has 1 saturated heterocycles. The summed E-state index contributed by atoms with van der Waals surface area (Å²) in [4.78, 5) is 25.8. The Morgan fingerprint density at radius 2 is 2.05 bits per heavy atom. The molecule has 6 nitrogen and oxygen atoms in total. The fourth-order valence-corrected chi connectivity index (χ4v) is 2.42. The van der Waals surface area contributed by atoms with Gasteiger partial charge >= 0.3 is 5.97 Å². The number of hydrogen-bond acceptors (Lipinski definition) is 5. The molecule has 1 aromatic rings. The molecule has 0 unspecified atom stereocenters. The summed E-state index contributed by atoms with van der Waals surface area (Å²) in [5.74, 6) is -0.467. The first-order chi connectivity index (χ1) is 10.7. The van der Waals surface area contributed by atoms with E-state index < -0.39 is 5.97 Å². The number of carbonyl (C=O) groups is 2. The van der Waals surface area contributed by atoms with E-state index in [1.165, 1.54) is 7.11 Å². The number of rotatable bonds is 5. The first kappa shape index (κ1) is 16.3. The van der Waals surface area contributed by atoms with Crippen LogP contribution < -0.4 is 10.2 Å². The van der Waals surface area contributed by atoms with Crippen LogP contribution in [0.25, 0.3) is 0 Å². The minimum atomic E-state index is -0.409. The van der Waals surface area contributed by atoms with Gasteiger partial charge in [0.1, 0.15) is 0 Å². The number of nitrogens with zero attached hydrogens (tertiary/aromatic N) is 1. The molecule has 120 valence electrons. The Kier molecular flexibility index (Phi) is 5.77. The Labute approximate surface area is 130 Å². The zero-order valence-electron chi connectivity index (χ0n) is 13.1. The van der Waals surface area contributed by atoms with E-state index in [2.05, 4.69) is 10.2 Å². The molecule has 22 heavy (non-hydrogen) atoms. The van der Waals surface area contributed by atoms with Crippen LogP contribution in [0.2, 0.25) is 0 Å². The molecular formula is C16H22N2O4. The SMILES string of the molecule is CCCC(=O)Nc1ccc(N2CCOCC2)c(C(=O)OC)c1. The van der Waals surface area contributed by atoms with Crippen molar-refractivity contribution in [2.24, 2.45) is 0 Å². The Hall–Kier alpha value is -2.08. The number of anilines is 2. The number of carbonyl (C=O) groups excluding carboxylic acids is 2. The maximum atomic E-state index is 12.0. The molecular weight excluding hydrogens is 284 g/mol. The minimum Gasteiger partial charge on any atom is -0.465 e. The zero-order chi connectivity index (χ0) is 15.9. The monoisotopic (exact) mass is 306 g/mol. The van der Waals surface area contributed by atoms with Gasteiger partial charge in [0.15, 0.2) is 0 Å². The molecule has 1 aliphatic heterocycles. The van der Waals surface area contributed by atoms with Crippen LogP contribution >= 0.6 is 0 Å². The van der Waals surface area contributed by atoms with E-state index in [0.717, 1.165) is 25.2 Å². The van der Waals surface area contributed by atoms with E-state index in [-0.39, 0.29) is 5.91 Å². The molecule has 1 aliphatic rings. The van der Waals surface area contributed by atoms with Gasteiger partial charge < -0.3 is 19.7 Å². The fourth-order valence-electron chi connectivity index (χ4n) is 2.42. The lowest BCUT2D eigenvalue weighted by Gasteiger charge is -2.30. The highest BCUT2D eigenvalue weighted by Crippen LogP contribution is 2.26. The van der Waals surface area contributed by atoms with Crippen molar-refractivity contribution in [3.63, 3.8) is 0 Å². The van der Waals surface area contributed by atoms with Crippen LogP contribution in [-0.4, -0.2) is 45.3 Å². The summed E-state index contributed by atoms with van der Waals surface area (Å²) in [6.45, 7) is 4.67. The van der Waals surface area contributed by atoms with Gasteiger partial charge in [-0.15, -0.1) is 0 Å². The average Bonchev–Trinajstić information content (AvgIpc) is 2.55. The topological polar surface area (TPSA) is 67.9 Å². The largest absolute Gasteiger partial charge is 0.465 e. The second-order valence-electron chi connectivity index (χ2n) is 5.12. The highest BCUT2D eigenvalue weighted by Gasteiger charge is 2.20. The van der Waals surface area contributed by atoms with Crippen LogP contribution in [0.15, 0.2) is 18.2 Å². The van der Waals surface area contributed by atoms with Crippen LogP contribution in [-0.2, 0) is 14.3 Å². The lowest BCUT2D eigenvalue weighted by Crippen LogP contribution is -2.37. The van der Waals surface area contributed by atoms with Crippen molar-refractivity contribution in [1.29, 1.82) is 0 Å². The van der Waals surface area contributed by atoms with E-state index in [0.29, 0.717) is 30.9 Å². The molecule has 0 aromatic heterocycles. The van der Waals surface area contributed by atoms with Gasteiger partial charge in [0, 0.05) is 25.2 Å². The number of benzene rings is 1. The Morgan fingerprint density at radius 3 is 2.68 bits per heavy atom. The first-order valence-electron chi connectivity index (χ1n) is 7.50. The summed E-state index contributed by atoms with van der Waals surface area (Å²) in [6, 6.07) is 5.33. The summed E-state index contributed by atoms with van der Waals surface area (Å²) >= 11 is 0. The predicted octanol–water partition coefficient (Wildman–Crippen LogP) is 2.05. The van der Waals surface area contributed by atoms with Crippen LogP contribution in [0.4, 0.5) is 11.4 Å². The predicted molar refractivity (Wildman–Crippen MR) is 84.4 cm³/mol. The molecule has 0 bridgehead atoms. The molecule has 1 N–H and O–H groups in total. The van der Waals surface area contributed by atoms with Gasteiger partial charge in [-0.1, -0.05) is 6.92 Å². The Morgan fingerprint density at radius 1 is 1.32 bits per heavy atom. The highest BCUT2D eigenvalue weighted by molar-refractivity contribution is 5.99. The lowest BCUT2D eigenvalue weighted by molar-refractivity contribution is -0.116. The minimum absolute atomic E-state index is 0.0579. The standard InChI is InChI=1S/C16H22N2O4/c1-3-4-15(19)17-12-5-6-14(13(11-12)16(20)21-2)18-7-9-22-10-8-18/h5-6,11H,3-4,7-10H2,1-2H3,(H,17,19). The van der Waals surface area contributed by atoms with Crippen molar-refractivity contribution in [2.45, 2.75) is 19.8 Å². The van der Waals surface area contributed by atoms with Gasteiger partial charge in [0.2, 0.25) is 5.91 Å². The zero-order valence-corrected chi connectivity index (χ0v) is 13.1. The number of ether oxygens (including phenoxy) is 2. The van der Waals surface area contributed by atoms with Gasteiger partial charge in [0.05, 0.1) is 31.6 Å². The normalized spacial score (nSPS) is 14.5. The quantitative estimate of drug-likeness (QED) is 0.843. The summed E-state index contributed by atoms with van der Waals surface area (Å²) in [5.41, 5.74) is 1.87. The molecule has 1 heterocycles. The van der Waals surface area contributed by atoms with Crippen molar-refractivity contribution in [3.05, 3.63) is 23.8 Å². The third-order valence-corrected chi connectivity index (χ3v) is 3.51. The van der Waals surface area contributed by atoms with Gasteiger partial charge in [-0.05, 0) is 24.6 Å². The van der Waals surface area contributed by atoms with Crippen molar-refractivity contribution in [3.8, 4) is 0 Å². The van der Waals surface area contributed by atoms with Crippen molar-refractivity contribution in [2.75, 3.05) is 43.6 Å². The number of hydrogen-bond donors (Lipinski definition) is 1. The van der Waals surface area contributed by atoms with E-state index >= 15 is 0 Å². The molecule has 2 rings (SSSR count). The molecule has 6 heteroatoms. The number of morpholine rings is 1. The average molecular weight is 306 g/mol.